The maximum atomic E-state index is 12.8. The number of fused-ring (bicyclic) bond motifs is 1. The highest BCUT2D eigenvalue weighted by Gasteiger charge is 2.35. The summed E-state index contributed by atoms with van der Waals surface area (Å²) in [6.45, 7) is 1.64. The highest BCUT2D eigenvalue weighted by Crippen LogP contribution is 2.27. The monoisotopic (exact) mass is 559 g/mol. The van der Waals surface area contributed by atoms with Crippen molar-refractivity contribution >= 4 is 20.8 Å². The molecular formula is C28H21N3O8S. The average Bonchev–Trinajstić information content (AvgIpc) is 3.34. The highest BCUT2D eigenvalue weighted by molar-refractivity contribution is 7.91. The van der Waals surface area contributed by atoms with Crippen molar-refractivity contribution in [3.63, 3.8) is 0 Å². The molecule has 0 bridgehead atoms. The number of aryl methyl sites for hydroxylation is 1. The second-order valence-corrected chi connectivity index (χ2v) is 10.6. The molecule has 0 saturated heterocycles. The lowest BCUT2D eigenvalue weighted by molar-refractivity contribution is -0.832. The van der Waals surface area contributed by atoms with Crippen LogP contribution in [-0.2, 0) is 16.3 Å². The van der Waals surface area contributed by atoms with Crippen LogP contribution in [0.2, 0.25) is 0 Å². The Morgan fingerprint density at radius 2 is 1.75 bits per heavy atom. The van der Waals surface area contributed by atoms with Crippen LogP contribution in [0.1, 0.15) is 22.3 Å². The molecule has 5 aromatic rings. The Morgan fingerprint density at radius 3 is 2.48 bits per heavy atom. The van der Waals surface area contributed by atoms with E-state index >= 15 is 0 Å². The van der Waals surface area contributed by atoms with Crippen molar-refractivity contribution in [3.05, 3.63) is 111 Å². The van der Waals surface area contributed by atoms with Crippen LogP contribution in [0.5, 0.6) is 11.6 Å². The first-order valence-corrected chi connectivity index (χ1v) is 13.5. The van der Waals surface area contributed by atoms with Gasteiger partial charge in [0.1, 0.15) is 24.5 Å². The molecule has 0 amide bonds. The molecule has 0 aliphatic carbocycles. The summed E-state index contributed by atoms with van der Waals surface area (Å²) in [7, 11) is -4.23. The van der Waals surface area contributed by atoms with Crippen molar-refractivity contribution in [1.29, 1.82) is 5.26 Å². The third kappa shape index (κ3) is 5.23. The predicted molar refractivity (Wildman–Crippen MR) is 140 cm³/mol. The number of aromatic nitrogens is 2. The lowest BCUT2D eigenvalue weighted by Crippen LogP contribution is -2.31. The number of ether oxygens (including phenoxy) is 2. The van der Waals surface area contributed by atoms with Crippen LogP contribution in [0, 0.1) is 23.5 Å². The number of nitriles is 1. The maximum absolute atomic E-state index is 12.8. The van der Waals surface area contributed by atoms with Crippen molar-refractivity contribution in [2.75, 3.05) is 13.2 Å². The van der Waals surface area contributed by atoms with Gasteiger partial charge in [-0.2, -0.15) is 5.26 Å². The first-order valence-electron chi connectivity index (χ1n) is 12.0. The molecule has 0 spiro atoms. The average molecular weight is 560 g/mol. The van der Waals surface area contributed by atoms with Gasteiger partial charge in [0.15, 0.2) is 0 Å². The molecule has 202 valence electrons. The Kier molecular flexibility index (Phi) is 7.22. The van der Waals surface area contributed by atoms with Crippen molar-refractivity contribution in [2.24, 2.45) is 0 Å². The van der Waals surface area contributed by atoms with E-state index in [9.17, 15) is 18.4 Å². The van der Waals surface area contributed by atoms with Crippen LogP contribution in [0.4, 0.5) is 0 Å². The van der Waals surface area contributed by atoms with Crippen LogP contribution in [0.25, 0.3) is 11.0 Å². The predicted octanol–water partition coefficient (Wildman–Crippen LogP) is 3.48. The van der Waals surface area contributed by atoms with E-state index in [0.29, 0.717) is 28.9 Å². The number of hydrogen-bond acceptors (Lipinski definition) is 10. The second-order valence-electron chi connectivity index (χ2n) is 8.69. The van der Waals surface area contributed by atoms with Gasteiger partial charge in [0.25, 0.3) is 9.84 Å². The number of nitrogens with zero attached hydrogens (tertiary/aromatic N) is 3. The quantitative estimate of drug-likeness (QED) is 0.149. The van der Waals surface area contributed by atoms with E-state index in [1.807, 2.05) is 6.92 Å². The molecule has 5 rings (SSSR count). The third-order valence-electron chi connectivity index (χ3n) is 6.17. The SMILES string of the molecule is Cc1c(Cc2ccc(C#N)cc2)c(=O)oc2cc(OCCOc3no[n+]([O-])c3S(=O)(=O)c3ccccc3)ccc12. The summed E-state index contributed by atoms with van der Waals surface area (Å²) in [5, 5.41) is 24.4. The number of hydrogen-bond donors (Lipinski definition) is 0. The lowest BCUT2D eigenvalue weighted by Gasteiger charge is -2.10. The minimum atomic E-state index is -4.23. The topological polar surface area (TPSA) is 160 Å². The third-order valence-corrected chi connectivity index (χ3v) is 7.89. The van der Waals surface area contributed by atoms with E-state index in [1.54, 1.807) is 48.5 Å². The van der Waals surface area contributed by atoms with Crippen molar-refractivity contribution < 1.29 is 31.8 Å². The van der Waals surface area contributed by atoms with Gasteiger partial charge in [0.2, 0.25) is 0 Å². The Bertz CT molecular complexity index is 1890. The number of rotatable bonds is 9. The molecule has 0 aliphatic rings. The number of benzene rings is 3. The second kappa shape index (κ2) is 10.9. The fourth-order valence-electron chi connectivity index (χ4n) is 4.11. The molecule has 11 nitrogen and oxygen atoms in total. The van der Waals surface area contributed by atoms with E-state index in [4.69, 9.17) is 19.2 Å². The fraction of sp³-hybridized carbons (Fsp3) is 0.143. The molecule has 3 aromatic carbocycles. The van der Waals surface area contributed by atoms with E-state index in [1.165, 1.54) is 24.3 Å². The van der Waals surface area contributed by atoms with Gasteiger partial charge in [0.05, 0.1) is 21.7 Å². The molecule has 0 fully saturated rings. The molecule has 0 N–H and O–H groups in total. The number of sulfone groups is 1. The van der Waals surface area contributed by atoms with E-state index in [-0.39, 0.29) is 23.0 Å². The summed E-state index contributed by atoms with van der Waals surface area (Å²) in [5.74, 6) is -0.105. The molecule has 0 aliphatic heterocycles. The van der Waals surface area contributed by atoms with Gasteiger partial charge < -0.3 is 19.1 Å². The van der Waals surface area contributed by atoms with Gasteiger partial charge in [-0.25, -0.2) is 13.2 Å². The Labute approximate surface area is 227 Å². The first-order chi connectivity index (χ1) is 19.3. The fourth-order valence-corrected chi connectivity index (χ4v) is 5.40. The minimum Gasteiger partial charge on any atom is -0.490 e. The minimum absolute atomic E-state index is 0.0396. The van der Waals surface area contributed by atoms with Gasteiger partial charge in [-0.15, -0.1) is 0 Å². The molecule has 2 heterocycles. The largest absolute Gasteiger partial charge is 0.490 e. The summed E-state index contributed by atoms with van der Waals surface area (Å²) in [4.78, 5) is 12.4. The first kappa shape index (κ1) is 26.5. The molecule has 12 heteroatoms. The van der Waals surface area contributed by atoms with Gasteiger partial charge >= 0.3 is 16.5 Å². The summed E-state index contributed by atoms with van der Waals surface area (Å²) in [6.07, 6.45) is 0.360. The standard InChI is InChI=1S/C28H21N3O8S/c1-18-23-12-11-21(16-25(23)38-28(32)24(18)15-19-7-9-20(17-29)10-8-19)36-13-14-37-26-27(31(33)39-30-26)40(34,35)22-5-3-2-4-6-22/h2-12,16H,13-15H2,1H3. The maximum Gasteiger partial charge on any atom is 0.415 e. The Balaban J connectivity index is 1.27. The van der Waals surface area contributed by atoms with E-state index in [2.05, 4.69) is 15.9 Å². The zero-order valence-corrected chi connectivity index (χ0v) is 21.9. The van der Waals surface area contributed by atoms with Gasteiger partial charge in [-0.1, -0.05) is 30.3 Å². The molecule has 40 heavy (non-hydrogen) atoms. The highest BCUT2D eigenvalue weighted by atomic mass is 32.2. The lowest BCUT2D eigenvalue weighted by atomic mass is 9.99. The molecule has 0 radical (unpaired) electrons. The zero-order chi connectivity index (χ0) is 28.3. The summed E-state index contributed by atoms with van der Waals surface area (Å²) < 4.78 is 46.8. The van der Waals surface area contributed by atoms with Crippen LogP contribution >= 0.6 is 0 Å². The van der Waals surface area contributed by atoms with Crippen LogP contribution in [-0.4, -0.2) is 26.8 Å². The van der Waals surface area contributed by atoms with Crippen LogP contribution < -0.4 is 20.0 Å². The van der Waals surface area contributed by atoms with Crippen molar-refractivity contribution in [1.82, 2.24) is 5.16 Å². The molecule has 0 unspecified atom stereocenters. The van der Waals surface area contributed by atoms with Crippen molar-refractivity contribution in [2.45, 2.75) is 23.3 Å². The molecule has 0 atom stereocenters. The van der Waals surface area contributed by atoms with Gasteiger partial charge in [-0.05, 0) is 59.4 Å². The van der Waals surface area contributed by atoms with E-state index < -0.39 is 26.4 Å². The zero-order valence-electron chi connectivity index (χ0n) is 21.1. The summed E-state index contributed by atoms with van der Waals surface area (Å²) in [6, 6.07) is 21.5. The van der Waals surface area contributed by atoms with E-state index in [0.717, 1.165) is 16.5 Å². The van der Waals surface area contributed by atoms with Crippen LogP contribution in [0.15, 0.2) is 96.6 Å². The normalized spacial score (nSPS) is 11.3. The smallest absolute Gasteiger partial charge is 0.415 e. The molecular weight excluding hydrogens is 538 g/mol. The van der Waals surface area contributed by atoms with Gasteiger partial charge in [-0.3, -0.25) is 4.63 Å². The molecule has 0 saturated carbocycles. The molecule has 2 aromatic heterocycles. The van der Waals surface area contributed by atoms with Crippen molar-refractivity contribution in [3.8, 4) is 17.7 Å². The summed E-state index contributed by atoms with van der Waals surface area (Å²) in [5.41, 5.74) is 2.57. The Hall–Kier alpha value is -5.15. The van der Waals surface area contributed by atoms with Crippen LogP contribution in [0.3, 0.4) is 0 Å². The Morgan fingerprint density at radius 1 is 1.02 bits per heavy atom. The summed E-state index contributed by atoms with van der Waals surface area (Å²) >= 11 is 0. The van der Waals surface area contributed by atoms with Gasteiger partial charge in [0, 0.05) is 23.4 Å².